The molecule has 168 valence electrons. The number of esters is 3. The zero-order valence-corrected chi connectivity index (χ0v) is 18.4. The monoisotopic (exact) mass is 413 g/mol. The Kier molecular flexibility index (Phi) is 17.0. The van der Waals surface area contributed by atoms with Gasteiger partial charge in [0, 0.05) is 31.5 Å². The van der Waals surface area contributed by atoms with Gasteiger partial charge in [0.2, 0.25) is 0 Å². The fourth-order valence-electron chi connectivity index (χ4n) is 2.49. The van der Waals surface area contributed by atoms with Gasteiger partial charge < -0.3 is 19.5 Å². The van der Waals surface area contributed by atoms with E-state index in [4.69, 9.17) is 14.2 Å². The molecule has 0 aliphatic heterocycles. The lowest BCUT2D eigenvalue weighted by molar-refractivity contribution is -0.156. The average molecular weight is 414 g/mol. The van der Waals surface area contributed by atoms with Crippen molar-refractivity contribution in [3.8, 4) is 0 Å². The largest absolute Gasteiger partial charge is 0.464 e. The molecule has 1 atom stereocenters. The molecule has 0 aliphatic rings. The molecule has 0 amide bonds. The van der Waals surface area contributed by atoms with Gasteiger partial charge in [0.15, 0.2) is 0 Å². The number of hydrogen-bond donors (Lipinski definition) is 1. The van der Waals surface area contributed by atoms with Crippen molar-refractivity contribution in [2.24, 2.45) is 0 Å². The first-order chi connectivity index (χ1) is 13.9. The molecule has 0 aromatic rings. The van der Waals surface area contributed by atoms with Gasteiger partial charge in [0.1, 0.15) is 19.3 Å². The Bertz CT molecular complexity index is 492. The van der Waals surface area contributed by atoms with Crippen LogP contribution in [0.4, 0.5) is 0 Å². The Morgan fingerprint density at radius 3 is 2.21 bits per heavy atom. The Balaban J connectivity index is 3.88. The van der Waals surface area contributed by atoms with Gasteiger partial charge in [0.05, 0.1) is 0 Å². The molecule has 0 rings (SSSR count). The van der Waals surface area contributed by atoms with E-state index in [-0.39, 0.29) is 37.1 Å². The second kappa shape index (κ2) is 18.2. The fraction of sp³-hybridized carbons (Fsp3) is 0.773. The minimum Gasteiger partial charge on any atom is -0.464 e. The van der Waals surface area contributed by atoms with Crippen molar-refractivity contribution in [2.75, 3.05) is 26.3 Å². The van der Waals surface area contributed by atoms with Gasteiger partial charge in [-0.25, -0.2) is 4.79 Å². The van der Waals surface area contributed by atoms with Gasteiger partial charge in [-0.3, -0.25) is 9.59 Å². The van der Waals surface area contributed by atoms with E-state index in [0.29, 0.717) is 19.5 Å². The summed E-state index contributed by atoms with van der Waals surface area (Å²) in [5.74, 6) is -1.09. The first kappa shape index (κ1) is 27.1. The van der Waals surface area contributed by atoms with Crippen LogP contribution in [-0.2, 0) is 28.6 Å². The lowest BCUT2D eigenvalue weighted by Gasteiger charge is -2.18. The maximum absolute atomic E-state index is 11.7. The number of ether oxygens (including phenoxy) is 3. The summed E-state index contributed by atoms with van der Waals surface area (Å²) in [6.45, 7) is 9.86. The molecule has 0 aliphatic carbocycles. The van der Waals surface area contributed by atoms with Crippen molar-refractivity contribution in [3.05, 3.63) is 12.2 Å². The molecule has 0 saturated carbocycles. The number of unbranched alkanes of at least 4 members (excludes halogenated alkanes) is 6. The van der Waals surface area contributed by atoms with Gasteiger partial charge in [-0.15, -0.1) is 0 Å². The summed E-state index contributed by atoms with van der Waals surface area (Å²) in [5, 5.41) is 3.05. The smallest absolute Gasteiger partial charge is 0.333 e. The molecular formula is C22H39NO6. The third-order valence-electron chi connectivity index (χ3n) is 4.23. The second-order valence-electron chi connectivity index (χ2n) is 7.14. The zero-order valence-electron chi connectivity index (χ0n) is 18.4. The van der Waals surface area contributed by atoms with E-state index in [1.54, 1.807) is 13.8 Å². The van der Waals surface area contributed by atoms with Crippen LogP contribution in [0.1, 0.15) is 78.6 Å². The number of hydrogen-bond acceptors (Lipinski definition) is 7. The molecule has 0 heterocycles. The van der Waals surface area contributed by atoms with Crippen molar-refractivity contribution >= 4 is 17.9 Å². The lowest BCUT2D eigenvalue weighted by atomic mass is 10.1. The normalized spacial score (nSPS) is 11.6. The molecule has 0 fully saturated rings. The predicted molar refractivity (Wildman–Crippen MR) is 112 cm³/mol. The Morgan fingerprint density at radius 1 is 0.931 bits per heavy atom. The van der Waals surface area contributed by atoms with Crippen LogP contribution in [0.3, 0.4) is 0 Å². The predicted octanol–water partition coefficient (Wildman–Crippen LogP) is 3.70. The van der Waals surface area contributed by atoms with Crippen molar-refractivity contribution in [1.82, 2.24) is 5.32 Å². The maximum atomic E-state index is 11.7. The lowest BCUT2D eigenvalue weighted by Crippen LogP contribution is -2.36. The van der Waals surface area contributed by atoms with Crippen molar-refractivity contribution < 1.29 is 28.6 Å². The second-order valence-corrected chi connectivity index (χ2v) is 7.14. The van der Waals surface area contributed by atoms with E-state index in [1.165, 1.54) is 32.1 Å². The topological polar surface area (TPSA) is 90.9 Å². The summed E-state index contributed by atoms with van der Waals surface area (Å²) in [4.78, 5) is 34.7. The molecule has 7 nitrogen and oxygen atoms in total. The molecule has 0 aromatic carbocycles. The Hall–Kier alpha value is -1.89. The maximum Gasteiger partial charge on any atom is 0.333 e. The molecule has 7 heteroatoms. The van der Waals surface area contributed by atoms with Crippen LogP contribution in [0.5, 0.6) is 0 Å². The van der Waals surface area contributed by atoms with Crippen molar-refractivity contribution in [1.29, 1.82) is 0 Å². The number of nitrogens with one attached hydrogen (secondary N) is 1. The fourth-order valence-corrected chi connectivity index (χ4v) is 2.49. The van der Waals surface area contributed by atoms with Crippen molar-refractivity contribution in [2.45, 2.75) is 84.7 Å². The zero-order chi connectivity index (χ0) is 21.9. The third kappa shape index (κ3) is 16.7. The van der Waals surface area contributed by atoms with E-state index in [2.05, 4.69) is 18.8 Å². The minimum absolute atomic E-state index is 0.0531. The molecule has 0 saturated heterocycles. The summed E-state index contributed by atoms with van der Waals surface area (Å²) in [6.07, 6.45) is 8.20. The highest BCUT2D eigenvalue weighted by Gasteiger charge is 2.16. The molecule has 0 radical (unpaired) electrons. The number of carbonyl (C=O) groups is 3. The Labute approximate surface area is 175 Å². The highest BCUT2D eigenvalue weighted by molar-refractivity contribution is 5.86. The van der Waals surface area contributed by atoms with Gasteiger partial charge in [-0.1, -0.05) is 59.0 Å². The SMILES string of the molecule is C=C(C)C(=O)OCC(CNCCOC(=O)CCCCCCCCC)OC(=O)CC. The van der Waals surface area contributed by atoms with Crippen LogP contribution in [0.25, 0.3) is 0 Å². The van der Waals surface area contributed by atoms with E-state index in [9.17, 15) is 14.4 Å². The van der Waals surface area contributed by atoms with Gasteiger partial charge in [0.25, 0.3) is 0 Å². The minimum atomic E-state index is -0.603. The summed E-state index contributed by atoms with van der Waals surface area (Å²) in [6, 6.07) is 0. The quantitative estimate of drug-likeness (QED) is 0.159. The molecule has 0 aromatic heterocycles. The summed E-state index contributed by atoms with van der Waals surface area (Å²) >= 11 is 0. The Morgan fingerprint density at radius 2 is 1.59 bits per heavy atom. The number of carbonyl (C=O) groups excluding carboxylic acids is 3. The molecule has 1 N–H and O–H groups in total. The summed E-state index contributed by atoms with van der Waals surface area (Å²) in [5.41, 5.74) is 0.284. The van der Waals surface area contributed by atoms with Crippen LogP contribution < -0.4 is 5.32 Å². The summed E-state index contributed by atoms with van der Waals surface area (Å²) < 4.78 is 15.5. The average Bonchev–Trinajstić information content (AvgIpc) is 2.70. The van der Waals surface area contributed by atoms with Crippen LogP contribution in [0.15, 0.2) is 12.2 Å². The van der Waals surface area contributed by atoms with Crippen molar-refractivity contribution in [3.63, 3.8) is 0 Å². The number of rotatable bonds is 18. The van der Waals surface area contributed by atoms with Crippen LogP contribution in [0, 0.1) is 0 Å². The molecule has 0 spiro atoms. The van der Waals surface area contributed by atoms with E-state index in [1.807, 2.05) is 0 Å². The summed E-state index contributed by atoms with van der Waals surface area (Å²) in [7, 11) is 0. The standard InChI is InChI=1S/C22H39NO6/c1-5-7-8-9-10-11-12-13-21(25)27-15-14-23-16-19(29-20(24)6-2)17-28-22(26)18(3)4/h19,23H,3,5-17H2,1-2,4H3. The van der Waals surface area contributed by atoms with Gasteiger partial charge >= 0.3 is 17.9 Å². The first-order valence-corrected chi connectivity index (χ1v) is 10.8. The third-order valence-corrected chi connectivity index (χ3v) is 4.23. The van der Waals surface area contributed by atoms with Crippen LogP contribution in [0.2, 0.25) is 0 Å². The molecule has 0 bridgehead atoms. The van der Waals surface area contributed by atoms with Crippen LogP contribution in [-0.4, -0.2) is 50.3 Å². The molecule has 1 unspecified atom stereocenters. The van der Waals surface area contributed by atoms with E-state index >= 15 is 0 Å². The van der Waals surface area contributed by atoms with Crippen LogP contribution >= 0.6 is 0 Å². The van der Waals surface area contributed by atoms with E-state index < -0.39 is 12.1 Å². The highest BCUT2D eigenvalue weighted by Crippen LogP contribution is 2.08. The van der Waals surface area contributed by atoms with Gasteiger partial charge in [-0.05, 0) is 13.3 Å². The van der Waals surface area contributed by atoms with Gasteiger partial charge in [-0.2, -0.15) is 0 Å². The molecule has 29 heavy (non-hydrogen) atoms. The van der Waals surface area contributed by atoms with E-state index in [0.717, 1.165) is 12.8 Å². The molecular weight excluding hydrogens is 374 g/mol. The first-order valence-electron chi connectivity index (χ1n) is 10.8. The highest BCUT2D eigenvalue weighted by atomic mass is 16.6.